The van der Waals surface area contributed by atoms with Gasteiger partial charge < -0.3 is 4.40 Å². The van der Waals surface area contributed by atoms with Crippen molar-refractivity contribution in [3.05, 3.63) is 47.1 Å². The maximum atomic E-state index is 11.2. The van der Waals surface area contributed by atoms with Crippen LogP contribution >= 0.6 is 0 Å². The molecule has 0 aliphatic heterocycles. The Labute approximate surface area is 62.9 Å². The van der Waals surface area contributed by atoms with Crippen molar-refractivity contribution in [3.8, 4) is 0 Å². The largest absolute Gasteiger partial charge is 0.303 e. The molecule has 2 rings (SSSR count). The van der Waals surface area contributed by atoms with Gasteiger partial charge in [-0.25, -0.2) is 4.98 Å². The van der Waals surface area contributed by atoms with E-state index in [0.717, 1.165) is 0 Å². The Kier molecular flexibility index (Phi) is 1.22. The third kappa shape index (κ3) is 0.902. The normalized spacial score (nSPS) is 10.2. The van der Waals surface area contributed by atoms with Gasteiger partial charge in [0, 0.05) is 6.20 Å². The van der Waals surface area contributed by atoms with Gasteiger partial charge in [-0.1, -0.05) is 6.07 Å². The molecule has 3 nitrogen and oxygen atoms in total. The lowest BCUT2D eigenvalue weighted by Gasteiger charge is -1.79. The van der Waals surface area contributed by atoms with E-state index in [-0.39, 0.29) is 5.43 Å². The van der Waals surface area contributed by atoms with Gasteiger partial charge in [-0.15, -0.1) is 0 Å². The molecule has 0 atom stereocenters. The Balaban J connectivity index is 3.09. The Bertz CT molecular complexity index is 433. The van der Waals surface area contributed by atoms with E-state index in [1.807, 2.05) is 0 Å². The van der Waals surface area contributed by atoms with Crippen molar-refractivity contribution in [1.29, 1.82) is 0 Å². The minimum Gasteiger partial charge on any atom is -0.303 e. The summed E-state index contributed by atoms with van der Waals surface area (Å²) in [5.41, 5.74) is 0.600. The molecule has 0 saturated carbocycles. The van der Waals surface area contributed by atoms with Crippen LogP contribution in [0.4, 0.5) is 0 Å². The number of aromatic nitrogens is 2. The Hall–Kier alpha value is -1.64. The molecule has 0 bridgehead atoms. The standard InChI is InChI=1S/C8H6N2O/c11-8-3-1-2-4-10-6-9-5-7(8)10/h1-6H. The van der Waals surface area contributed by atoms with Gasteiger partial charge in [-0.05, 0) is 12.1 Å². The fraction of sp³-hybridized carbons (Fsp3) is 0. The second-order valence-electron chi connectivity index (χ2n) is 2.25. The van der Waals surface area contributed by atoms with Crippen molar-refractivity contribution in [1.82, 2.24) is 9.38 Å². The van der Waals surface area contributed by atoms with Crippen LogP contribution in [-0.4, -0.2) is 9.38 Å². The van der Waals surface area contributed by atoms with Crippen LogP contribution in [-0.2, 0) is 0 Å². The molecular weight excluding hydrogens is 140 g/mol. The molecule has 54 valence electrons. The van der Waals surface area contributed by atoms with E-state index >= 15 is 0 Å². The zero-order chi connectivity index (χ0) is 7.68. The fourth-order valence-corrected chi connectivity index (χ4v) is 0.985. The zero-order valence-corrected chi connectivity index (χ0v) is 5.77. The number of hydrogen-bond acceptors (Lipinski definition) is 2. The lowest BCUT2D eigenvalue weighted by atomic mass is 10.5. The van der Waals surface area contributed by atoms with Crippen LogP contribution in [0.5, 0.6) is 0 Å². The topological polar surface area (TPSA) is 34.4 Å². The molecule has 0 aromatic carbocycles. The zero-order valence-electron chi connectivity index (χ0n) is 5.77. The summed E-state index contributed by atoms with van der Waals surface area (Å²) in [4.78, 5) is 15.0. The molecular formula is C8H6N2O. The van der Waals surface area contributed by atoms with E-state index < -0.39 is 0 Å². The summed E-state index contributed by atoms with van der Waals surface area (Å²) in [7, 11) is 0. The first kappa shape index (κ1) is 6.09. The number of imidazole rings is 1. The maximum Gasteiger partial charge on any atom is 0.204 e. The number of rotatable bonds is 0. The van der Waals surface area contributed by atoms with Crippen LogP contribution in [0.2, 0.25) is 0 Å². The van der Waals surface area contributed by atoms with E-state index in [0.29, 0.717) is 5.52 Å². The van der Waals surface area contributed by atoms with Crippen molar-refractivity contribution in [2.24, 2.45) is 0 Å². The molecule has 0 aliphatic rings. The van der Waals surface area contributed by atoms with Gasteiger partial charge >= 0.3 is 0 Å². The van der Waals surface area contributed by atoms with Crippen molar-refractivity contribution in [2.75, 3.05) is 0 Å². The van der Waals surface area contributed by atoms with E-state index in [1.165, 1.54) is 6.07 Å². The Morgan fingerprint density at radius 1 is 1.36 bits per heavy atom. The molecule has 11 heavy (non-hydrogen) atoms. The van der Waals surface area contributed by atoms with Crippen molar-refractivity contribution >= 4 is 5.52 Å². The third-order valence-corrected chi connectivity index (χ3v) is 1.52. The van der Waals surface area contributed by atoms with Crippen LogP contribution in [0.25, 0.3) is 5.52 Å². The average Bonchev–Trinajstić information content (AvgIpc) is 2.40. The molecule has 0 N–H and O–H groups in total. The summed E-state index contributed by atoms with van der Waals surface area (Å²) in [6, 6.07) is 5.04. The average molecular weight is 146 g/mol. The second-order valence-corrected chi connectivity index (χ2v) is 2.25. The van der Waals surface area contributed by atoms with Gasteiger partial charge in [-0.2, -0.15) is 0 Å². The van der Waals surface area contributed by atoms with Crippen LogP contribution < -0.4 is 5.43 Å². The van der Waals surface area contributed by atoms with Gasteiger partial charge in [0.05, 0.1) is 12.5 Å². The highest BCUT2D eigenvalue weighted by molar-refractivity contribution is 5.42. The van der Waals surface area contributed by atoms with E-state index in [9.17, 15) is 4.79 Å². The van der Waals surface area contributed by atoms with Gasteiger partial charge in [0.2, 0.25) is 5.43 Å². The summed E-state index contributed by atoms with van der Waals surface area (Å²) in [5, 5.41) is 0. The van der Waals surface area contributed by atoms with Crippen molar-refractivity contribution in [2.45, 2.75) is 0 Å². The summed E-state index contributed by atoms with van der Waals surface area (Å²) >= 11 is 0. The molecule has 0 saturated heterocycles. The summed E-state index contributed by atoms with van der Waals surface area (Å²) in [6.45, 7) is 0. The molecule has 0 radical (unpaired) electrons. The smallest absolute Gasteiger partial charge is 0.204 e. The van der Waals surface area contributed by atoms with Crippen molar-refractivity contribution < 1.29 is 0 Å². The molecule has 2 aromatic rings. The minimum absolute atomic E-state index is 0.00694. The van der Waals surface area contributed by atoms with Gasteiger partial charge in [0.1, 0.15) is 5.52 Å². The number of fused-ring (bicyclic) bond motifs is 1. The molecule has 0 spiro atoms. The molecule has 2 heterocycles. The highest BCUT2D eigenvalue weighted by Crippen LogP contribution is 1.91. The predicted molar refractivity (Wildman–Crippen MR) is 41.5 cm³/mol. The summed E-state index contributed by atoms with van der Waals surface area (Å²) < 4.78 is 1.70. The van der Waals surface area contributed by atoms with Gasteiger partial charge in [-0.3, -0.25) is 4.79 Å². The first-order valence-corrected chi connectivity index (χ1v) is 3.29. The van der Waals surface area contributed by atoms with Crippen molar-refractivity contribution in [3.63, 3.8) is 0 Å². The molecule has 2 aromatic heterocycles. The first-order chi connectivity index (χ1) is 5.38. The maximum absolute atomic E-state index is 11.2. The van der Waals surface area contributed by atoms with E-state index in [2.05, 4.69) is 4.98 Å². The highest BCUT2D eigenvalue weighted by atomic mass is 16.1. The van der Waals surface area contributed by atoms with E-state index in [1.54, 1.807) is 35.3 Å². The van der Waals surface area contributed by atoms with Crippen LogP contribution in [0.1, 0.15) is 0 Å². The molecule has 0 unspecified atom stereocenters. The Morgan fingerprint density at radius 3 is 3.18 bits per heavy atom. The first-order valence-electron chi connectivity index (χ1n) is 3.29. The molecule has 0 fully saturated rings. The SMILES string of the molecule is O=c1ccccn2cncc12. The lowest BCUT2D eigenvalue weighted by molar-refractivity contribution is 1.16. The molecule has 0 amide bonds. The second kappa shape index (κ2) is 2.20. The number of hydrogen-bond donors (Lipinski definition) is 0. The minimum atomic E-state index is -0.00694. The van der Waals surface area contributed by atoms with Gasteiger partial charge in [0.15, 0.2) is 0 Å². The summed E-state index contributed by atoms with van der Waals surface area (Å²) in [6.07, 6.45) is 4.96. The quantitative estimate of drug-likeness (QED) is 0.548. The van der Waals surface area contributed by atoms with Crippen LogP contribution in [0, 0.1) is 0 Å². The highest BCUT2D eigenvalue weighted by Gasteiger charge is 1.92. The predicted octanol–water partition coefficient (Wildman–Crippen LogP) is 0.694. The van der Waals surface area contributed by atoms with Crippen LogP contribution in [0.15, 0.2) is 41.7 Å². The lowest BCUT2D eigenvalue weighted by Crippen LogP contribution is -1.95. The monoisotopic (exact) mass is 146 g/mol. The summed E-state index contributed by atoms with van der Waals surface area (Å²) in [5.74, 6) is 0. The fourth-order valence-electron chi connectivity index (χ4n) is 0.985. The molecule has 0 aliphatic carbocycles. The van der Waals surface area contributed by atoms with Crippen LogP contribution in [0.3, 0.4) is 0 Å². The third-order valence-electron chi connectivity index (χ3n) is 1.52. The molecule has 3 heteroatoms. The number of nitrogens with zero attached hydrogens (tertiary/aromatic N) is 2. The Morgan fingerprint density at radius 2 is 2.27 bits per heavy atom. The van der Waals surface area contributed by atoms with E-state index in [4.69, 9.17) is 0 Å². The van der Waals surface area contributed by atoms with Gasteiger partial charge in [0.25, 0.3) is 0 Å².